The van der Waals surface area contributed by atoms with Crippen molar-refractivity contribution in [2.45, 2.75) is 6.42 Å². The first-order chi connectivity index (χ1) is 17.3. The zero-order valence-corrected chi connectivity index (χ0v) is 20.4. The third-order valence-corrected chi connectivity index (χ3v) is 6.57. The van der Waals surface area contributed by atoms with Crippen LogP contribution in [0.1, 0.15) is 16.7 Å². The van der Waals surface area contributed by atoms with E-state index in [2.05, 4.69) is 6.58 Å². The second-order valence-corrected chi connectivity index (χ2v) is 8.92. The van der Waals surface area contributed by atoms with Crippen LogP contribution in [0.15, 0.2) is 73.3 Å². The minimum atomic E-state index is -0.636. The Bertz CT molecular complexity index is 1310. The van der Waals surface area contributed by atoms with E-state index in [9.17, 15) is 14.3 Å². The number of carbonyl (C=O) groups is 1. The van der Waals surface area contributed by atoms with E-state index >= 15 is 0 Å². The summed E-state index contributed by atoms with van der Waals surface area (Å²) in [6, 6.07) is 16.6. The molecule has 6 nitrogen and oxygen atoms in total. The number of amidine groups is 1. The molecule has 1 amide bonds. The van der Waals surface area contributed by atoms with Gasteiger partial charge in [0.2, 0.25) is 5.91 Å². The number of nitrogens with zero attached hydrogens (tertiary/aromatic N) is 2. The topological polar surface area (TPSA) is 91.5 Å². The number of phenolic OH excluding ortho intramolecular Hbond substituents is 1. The van der Waals surface area contributed by atoms with Crippen LogP contribution in [0.2, 0.25) is 5.02 Å². The van der Waals surface area contributed by atoms with Crippen LogP contribution in [0.4, 0.5) is 4.39 Å². The van der Waals surface area contributed by atoms with Gasteiger partial charge in [0.05, 0.1) is 5.56 Å². The van der Waals surface area contributed by atoms with E-state index in [-0.39, 0.29) is 39.4 Å². The van der Waals surface area contributed by atoms with E-state index in [1.165, 1.54) is 24.3 Å². The molecule has 1 saturated heterocycles. The van der Waals surface area contributed by atoms with Crippen molar-refractivity contribution in [3.8, 4) is 16.9 Å². The van der Waals surface area contributed by atoms with Crippen molar-refractivity contribution in [3.63, 3.8) is 0 Å². The zero-order chi connectivity index (χ0) is 25.8. The number of amides is 1. The molecular weight excluding hydrogens is 479 g/mol. The van der Waals surface area contributed by atoms with Gasteiger partial charge in [0, 0.05) is 60.0 Å². The van der Waals surface area contributed by atoms with Crippen LogP contribution in [0.25, 0.3) is 11.1 Å². The van der Waals surface area contributed by atoms with E-state index in [1.54, 1.807) is 17.0 Å². The molecule has 1 fully saturated rings. The van der Waals surface area contributed by atoms with Crippen molar-refractivity contribution >= 4 is 29.1 Å². The molecule has 184 valence electrons. The van der Waals surface area contributed by atoms with Crippen LogP contribution < -0.4 is 0 Å². The number of phenols is 1. The smallest absolute Gasteiger partial charge is 0.246 e. The number of piperazine rings is 1. The first-order valence-electron chi connectivity index (χ1n) is 11.5. The van der Waals surface area contributed by atoms with E-state index in [0.29, 0.717) is 43.7 Å². The van der Waals surface area contributed by atoms with Gasteiger partial charge in [-0.2, -0.15) is 0 Å². The van der Waals surface area contributed by atoms with Crippen LogP contribution in [-0.2, 0) is 11.2 Å². The minimum absolute atomic E-state index is 0.0501. The van der Waals surface area contributed by atoms with Crippen molar-refractivity contribution in [2.24, 2.45) is 0 Å². The molecule has 0 unspecified atom stereocenters. The highest BCUT2D eigenvalue weighted by atomic mass is 35.5. The number of hydrogen-bond donors (Lipinski definition) is 3. The highest BCUT2D eigenvalue weighted by molar-refractivity contribution is 6.34. The molecule has 0 radical (unpaired) electrons. The first-order valence-corrected chi connectivity index (χ1v) is 11.9. The highest BCUT2D eigenvalue weighted by Gasteiger charge is 2.26. The van der Waals surface area contributed by atoms with Crippen molar-refractivity contribution in [3.05, 3.63) is 101 Å². The lowest BCUT2D eigenvalue weighted by atomic mass is 9.92. The fraction of sp³-hybridized carbons (Fsp3) is 0.179. The van der Waals surface area contributed by atoms with Crippen LogP contribution in [0, 0.1) is 16.6 Å². The maximum Gasteiger partial charge on any atom is 0.246 e. The largest absolute Gasteiger partial charge is 0.507 e. The minimum Gasteiger partial charge on any atom is -0.507 e. The predicted molar refractivity (Wildman–Crippen MR) is 141 cm³/mol. The Balaban J connectivity index is 1.74. The van der Waals surface area contributed by atoms with Gasteiger partial charge in [-0.3, -0.25) is 10.2 Å². The third kappa shape index (κ3) is 5.16. The molecule has 0 saturated carbocycles. The molecule has 3 aromatic rings. The number of nitrogens with one attached hydrogen (secondary N) is 2. The summed E-state index contributed by atoms with van der Waals surface area (Å²) in [5.74, 6) is -0.880. The normalized spacial score (nSPS) is 13.4. The molecule has 0 atom stereocenters. The Hall–Kier alpha value is -3.97. The van der Waals surface area contributed by atoms with Crippen LogP contribution in [0.5, 0.6) is 5.75 Å². The van der Waals surface area contributed by atoms with Crippen molar-refractivity contribution in [2.75, 3.05) is 26.2 Å². The van der Waals surface area contributed by atoms with Gasteiger partial charge in [0.1, 0.15) is 17.4 Å². The quantitative estimate of drug-likeness (QED) is 0.247. The van der Waals surface area contributed by atoms with E-state index < -0.39 is 5.82 Å². The summed E-state index contributed by atoms with van der Waals surface area (Å²) in [6.07, 6.45) is 1.58. The lowest BCUT2D eigenvalue weighted by Crippen LogP contribution is -2.50. The molecule has 0 aromatic heterocycles. The van der Waals surface area contributed by atoms with Gasteiger partial charge < -0.3 is 20.3 Å². The Morgan fingerprint density at radius 1 is 1.00 bits per heavy atom. The summed E-state index contributed by atoms with van der Waals surface area (Å²) in [7, 11) is 0. The van der Waals surface area contributed by atoms with Gasteiger partial charge in [-0.1, -0.05) is 54.6 Å². The third-order valence-electron chi connectivity index (χ3n) is 6.25. The van der Waals surface area contributed by atoms with Crippen molar-refractivity contribution in [1.29, 1.82) is 10.8 Å². The molecule has 4 rings (SSSR count). The van der Waals surface area contributed by atoms with Crippen LogP contribution >= 0.6 is 11.6 Å². The van der Waals surface area contributed by atoms with E-state index in [1.807, 2.05) is 35.2 Å². The van der Waals surface area contributed by atoms with Gasteiger partial charge in [-0.05, 0) is 35.9 Å². The molecule has 0 spiro atoms. The average molecular weight is 505 g/mol. The second kappa shape index (κ2) is 10.7. The second-order valence-electron chi connectivity index (χ2n) is 8.52. The Morgan fingerprint density at radius 2 is 1.67 bits per heavy atom. The van der Waals surface area contributed by atoms with Crippen molar-refractivity contribution < 1.29 is 14.3 Å². The lowest BCUT2D eigenvalue weighted by Gasteiger charge is -2.36. The fourth-order valence-corrected chi connectivity index (χ4v) is 4.59. The fourth-order valence-electron chi connectivity index (χ4n) is 4.33. The maximum atomic E-state index is 14.7. The molecule has 1 aliphatic rings. The molecule has 0 bridgehead atoms. The van der Waals surface area contributed by atoms with Gasteiger partial charge in [-0.15, -0.1) is 0 Å². The molecule has 3 N–H and O–H groups in total. The summed E-state index contributed by atoms with van der Waals surface area (Å²) < 4.78 is 14.7. The number of halogens is 2. The molecule has 1 aliphatic heterocycles. The van der Waals surface area contributed by atoms with Gasteiger partial charge in [0.15, 0.2) is 0 Å². The monoisotopic (exact) mass is 504 g/mol. The number of rotatable bonds is 6. The molecule has 3 aromatic carbocycles. The summed E-state index contributed by atoms with van der Waals surface area (Å²) in [6.45, 7) is 5.30. The van der Waals surface area contributed by atoms with E-state index in [0.717, 1.165) is 5.56 Å². The number of aromatic hydroxyl groups is 1. The number of benzene rings is 3. The lowest BCUT2D eigenvalue weighted by molar-refractivity contribution is -0.127. The van der Waals surface area contributed by atoms with E-state index in [4.69, 9.17) is 22.4 Å². The van der Waals surface area contributed by atoms with Gasteiger partial charge in [-0.25, -0.2) is 4.39 Å². The Labute approximate surface area is 214 Å². The van der Waals surface area contributed by atoms with Gasteiger partial charge in [0.25, 0.3) is 0 Å². The zero-order valence-electron chi connectivity index (χ0n) is 19.6. The molecule has 0 aliphatic carbocycles. The summed E-state index contributed by atoms with van der Waals surface area (Å²) in [5, 5.41) is 28.3. The van der Waals surface area contributed by atoms with Crippen LogP contribution in [-0.4, -0.2) is 58.5 Å². The number of hydrogen-bond acceptors (Lipinski definition) is 4. The summed E-state index contributed by atoms with van der Waals surface area (Å²) >= 11 is 6.58. The Morgan fingerprint density at radius 3 is 2.31 bits per heavy atom. The molecule has 36 heavy (non-hydrogen) atoms. The SMILES string of the molecule is C=CC(=O)N1CCN(C(=N)c2cc(Cl)c(-c3c(O)cccc3F)cc2C(=N)Cc2ccccc2)CC1. The highest BCUT2D eigenvalue weighted by Crippen LogP contribution is 2.38. The maximum absolute atomic E-state index is 14.7. The first kappa shape index (κ1) is 25.1. The summed E-state index contributed by atoms with van der Waals surface area (Å²) in [5.41, 5.74) is 2.21. The van der Waals surface area contributed by atoms with Crippen molar-refractivity contribution in [1.82, 2.24) is 9.80 Å². The average Bonchev–Trinajstić information content (AvgIpc) is 2.89. The molecule has 8 heteroatoms. The summed E-state index contributed by atoms with van der Waals surface area (Å²) in [4.78, 5) is 15.4. The predicted octanol–water partition coefficient (Wildman–Crippen LogP) is 5.12. The molecular formula is C28H26ClFN4O2. The van der Waals surface area contributed by atoms with Crippen LogP contribution in [0.3, 0.4) is 0 Å². The molecule has 1 heterocycles. The number of carbonyl (C=O) groups excluding carboxylic acids is 1. The van der Waals surface area contributed by atoms with Gasteiger partial charge >= 0.3 is 0 Å². The standard InChI is InChI=1S/C28H26ClFN4O2/c1-2-26(36)33-11-13-34(14-12-33)28(32)20-17-22(29)21(27-23(30)9-6-10-25(27)35)16-19(20)24(31)15-18-7-4-3-5-8-18/h2-10,16-17,31-32,35H,1,11-15H2. The Kier molecular flexibility index (Phi) is 7.50.